The maximum absolute atomic E-state index is 11.5. The molecule has 0 bridgehead atoms. The zero-order valence-corrected chi connectivity index (χ0v) is 19.0. The van der Waals surface area contributed by atoms with E-state index < -0.39 is 6.16 Å². The zero-order valence-electron chi connectivity index (χ0n) is 19.0. The Morgan fingerprint density at radius 1 is 0.536 bits per heavy atom. The number of rotatable bonds is 21. The minimum atomic E-state index is -0.488. The molecule has 0 fully saturated rings. The molecule has 0 saturated heterocycles. The van der Waals surface area contributed by atoms with E-state index in [1.807, 2.05) is 0 Å². The molecule has 0 amide bonds. The van der Waals surface area contributed by atoms with Gasteiger partial charge in [0, 0.05) is 0 Å². The fraction of sp³-hybridized carbons (Fsp3) is 0.880. The van der Waals surface area contributed by atoms with Crippen LogP contribution < -0.4 is 0 Å². The van der Waals surface area contributed by atoms with E-state index in [1.54, 1.807) is 0 Å². The summed E-state index contributed by atoms with van der Waals surface area (Å²) in [6.45, 7) is 5.48. The summed E-state index contributed by atoms with van der Waals surface area (Å²) in [5, 5.41) is 0. The zero-order chi connectivity index (χ0) is 20.5. The third-order valence-corrected chi connectivity index (χ3v) is 5.09. The molecule has 0 N–H and O–H groups in total. The minimum absolute atomic E-state index is 0.488. The van der Waals surface area contributed by atoms with Crippen molar-refractivity contribution in [3.8, 4) is 0 Å². The van der Waals surface area contributed by atoms with E-state index in [9.17, 15) is 4.79 Å². The predicted octanol–water partition coefficient (Wildman–Crippen LogP) is 8.76. The van der Waals surface area contributed by atoms with Crippen molar-refractivity contribution in [2.24, 2.45) is 0 Å². The van der Waals surface area contributed by atoms with Gasteiger partial charge in [-0.05, 0) is 32.1 Å². The summed E-state index contributed by atoms with van der Waals surface area (Å²) in [7, 11) is 0. The van der Waals surface area contributed by atoms with Gasteiger partial charge in [0.1, 0.15) is 0 Å². The van der Waals surface area contributed by atoms with Crippen molar-refractivity contribution >= 4 is 6.16 Å². The van der Waals surface area contributed by atoms with Crippen LogP contribution in [0.4, 0.5) is 4.79 Å². The Morgan fingerprint density at radius 3 is 1.43 bits per heavy atom. The van der Waals surface area contributed by atoms with Gasteiger partial charge in [-0.15, -0.1) is 0 Å². The predicted molar refractivity (Wildman–Crippen MR) is 121 cm³/mol. The molecule has 0 radical (unpaired) electrons. The molecule has 3 nitrogen and oxygen atoms in total. The van der Waals surface area contributed by atoms with Crippen LogP contribution in [0.1, 0.15) is 129 Å². The van der Waals surface area contributed by atoms with Crippen LogP contribution in [0.5, 0.6) is 0 Å². The normalized spacial score (nSPS) is 11.2. The highest BCUT2D eigenvalue weighted by molar-refractivity contribution is 5.59. The summed E-state index contributed by atoms with van der Waals surface area (Å²) in [6, 6.07) is 0. The number of carbonyl (C=O) groups excluding carboxylic acids is 1. The van der Waals surface area contributed by atoms with Crippen molar-refractivity contribution in [3.05, 3.63) is 12.2 Å². The second-order valence-electron chi connectivity index (χ2n) is 7.95. The Balaban J connectivity index is 3.18. The first-order valence-corrected chi connectivity index (χ1v) is 12.3. The molecule has 0 aromatic heterocycles. The lowest BCUT2D eigenvalue weighted by molar-refractivity contribution is 0.0529. The van der Waals surface area contributed by atoms with Crippen LogP contribution >= 0.6 is 0 Å². The van der Waals surface area contributed by atoms with Gasteiger partial charge in [0.05, 0.1) is 13.2 Å². The largest absolute Gasteiger partial charge is 0.508 e. The Hall–Kier alpha value is -0.990. The summed E-state index contributed by atoms with van der Waals surface area (Å²) >= 11 is 0. The molecule has 0 aliphatic rings. The highest BCUT2D eigenvalue weighted by Gasteiger charge is 2.03. The van der Waals surface area contributed by atoms with Crippen LogP contribution in [0.15, 0.2) is 12.2 Å². The smallest absolute Gasteiger partial charge is 0.434 e. The van der Waals surface area contributed by atoms with E-state index in [0.29, 0.717) is 13.2 Å². The molecule has 0 saturated carbocycles. The lowest BCUT2D eigenvalue weighted by Crippen LogP contribution is -2.09. The number of hydrogen-bond donors (Lipinski definition) is 0. The van der Waals surface area contributed by atoms with Crippen molar-refractivity contribution in [3.63, 3.8) is 0 Å². The molecular weight excluding hydrogens is 348 g/mol. The molecular formula is C25H48O3. The van der Waals surface area contributed by atoms with E-state index in [4.69, 9.17) is 9.47 Å². The highest BCUT2D eigenvalue weighted by atomic mass is 16.7. The monoisotopic (exact) mass is 396 g/mol. The van der Waals surface area contributed by atoms with Gasteiger partial charge in [-0.1, -0.05) is 109 Å². The fourth-order valence-electron chi connectivity index (χ4n) is 3.22. The Bertz CT molecular complexity index is 339. The Kier molecular flexibility index (Phi) is 23.2. The van der Waals surface area contributed by atoms with Gasteiger partial charge in [-0.2, -0.15) is 0 Å². The van der Waals surface area contributed by atoms with Gasteiger partial charge in [-0.25, -0.2) is 4.79 Å². The average Bonchev–Trinajstić information content (AvgIpc) is 2.70. The van der Waals surface area contributed by atoms with Crippen LogP contribution in [-0.4, -0.2) is 19.4 Å². The van der Waals surface area contributed by atoms with Crippen molar-refractivity contribution in [1.82, 2.24) is 0 Å². The number of carbonyl (C=O) groups is 1. The van der Waals surface area contributed by atoms with Crippen molar-refractivity contribution in [2.45, 2.75) is 129 Å². The van der Waals surface area contributed by atoms with E-state index in [-0.39, 0.29) is 0 Å². The molecule has 0 aromatic rings. The van der Waals surface area contributed by atoms with E-state index >= 15 is 0 Å². The number of unbranched alkanes of at least 4 members (excludes halogenated alkanes) is 15. The molecule has 0 aliphatic carbocycles. The Morgan fingerprint density at radius 2 is 0.929 bits per heavy atom. The molecule has 0 spiro atoms. The van der Waals surface area contributed by atoms with Crippen LogP contribution in [0, 0.1) is 0 Å². The third-order valence-electron chi connectivity index (χ3n) is 5.09. The number of allylic oxidation sites excluding steroid dienone is 2. The summed E-state index contributed by atoms with van der Waals surface area (Å²) < 4.78 is 10.3. The SMILES string of the molecule is CCCCC=CCCCCCCCCOC(=O)OCCCCCCCCCC. The standard InChI is InChI=1S/C25H48O3/c1-3-5-7-9-11-13-14-15-16-18-20-22-24-28-25(26)27-23-21-19-17-12-10-8-6-4-2/h9,11H,3-8,10,12-24H2,1-2H3. The van der Waals surface area contributed by atoms with Crippen LogP contribution in [0.2, 0.25) is 0 Å². The van der Waals surface area contributed by atoms with Crippen molar-refractivity contribution in [1.29, 1.82) is 0 Å². The average molecular weight is 397 g/mol. The van der Waals surface area contributed by atoms with Crippen LogP contribution in [0.25, 0.3) is 0 Å². The lowest BCUT2D eigenvalue weighted by Gasteiger charge is -2.06. The number of ether oxygens (including phenoxy) is 2. The van der Waals surface area contributed by atoms with Gasteiger partial charge in [0.25, 0.3) is 0 Å². The van der Waals surface area contributed by atoms with Gasteiger partial charge in [0.2, 0.25) is 0 Å². The van der Waals surface area contributed by atoms with E-state index in [2.05, 4.69) is 26.0 Å². The first kappa shape index (κ1) is 27.0. The fourth-order valence-corrected chi connectivity index (χ4v) is 3.22. The van der Waals surface area contributed by atoms with E-state index in [0.717, 1.165) is 25.7 Å². The van der Waals surface area contributed by atoms with Crippen molar-refractivity contribution in [2.75, 3.05) is 13.2 Å². The molecule has 0 rings (SSSR count). The summed E-state index contributed by atoms with van der Waals surface area (Å²) in [5.41, 5.74) is 0. The third kappa shape index (κ3) is 23.0. The minimum Gasteiger partial charge on any atom is -0.434 e. The molecule has 28 heavy (non-hydrogen) atoms. The highest BCUT2D eigenvalue weighted by Crippen LogP contribution is 2.10. The van der Waals surface area contributed by atoms with Crippen LogP contribution in [-0.2, 0) is 9.47 Å². The number of hydrogen-bond acceptors (Lipinski definition) is 3. The lowest BCUT2D eigenvalue weighted by atomic mass is 10.1. The van der Waals surface area contributed by atoms with Gasteiger partial charge >= 0.3 is 6.16 Å². The second-order valence-corrected chi connectivity index (χ2v) is 7.95. The first-order valence-electron chi connectivity index (χ1n) is 12.3. The molecule has 3 heteroatoms. The first-order chi connectivity index (χ1) is 13.8. The van der Waals surface area contributed by atoms with Crippen molar-refractivity contribution < 1.29 is 14.3 Å². The van der Waals surface area contributed by atoms with Gasteiger partial charge in [0.15, 0.2) is 0 Å². The molecule has 166 valence electrons. The molecule has 0 unspecified atom stereocenters. The summed E-state index contributed by atoms with van der Waals surface area (Å²) in [5.74, 6) is 0. The quantitative estimate of drug-likeness (QED) is 0.110. The molecule has 0 atom stereocenters. The molecule has 0 aliphatic heterocycles. The Labute approximate surface area is 175 Å². The summed E-state index contributed by atoms with van der Waals surface area (Å²) in [6.07, 6.45) is 26.4. The van der Waals surface area contributed by atoms with Crippen LogP contribution in [0.3, 0.4) is 0 Å². The molecule has 0 heterocycles. The van der Waals surface area contributed by atoms with E-state index in [1.165, 1.54) is 89.9 Å². The second kappa shape index (κ2) is 24.0. The summed E-state index contributed by atoms with van der Waals surface area (Å²) in [4.78, 5) is 11.5. The van der Waals surface area contributed by atoms with Gasteiger partial charge in [-0.3, -0.25) is 0 Å². The molecule has 0 aromatic carbocycles. The topological polar surface area (TPSA) is 35.5 Å². The maximum Gasteiger partial charge on any atom is 0.508 e. The van der Waals surface area contributed by atoms with Gasteiger partial charge < -0.3 is 9.47 Å². The maximum atomic E-state index is 11.5.